The molecule has 242 valence electrons. The number of carbonyl (C=O) groups is 3. The molecule has 0 aromatic heterocycles. The maximum Gasteiger partial charge on any atom is 0.410 e. The number of aliphatic hydroxyl groups is 2. The molecule has 0 spiro atoms. The van der Waals surface area contributed by atoms with Gasteiger partial charge < -0.3 is 29.6 Å². The Labute approximate surface area is 260 Å². The summed E-state index contributed by atoms with van der Waals surface area (Å²) in [4.78, 5) is 45.6. The molecule has 1 amide bonds. The highest BCUT2D eigenvalue weighted by atomic mass is 19.1. The molecule has 10 heteroatoms. The molecule has 1 aliphatic carbocycles. The van der Waals surface area contributed by atoms with Crippen molar-refractivity contribution < 1.29 is 33.7 Å². The van der Waals surface area contributed by atoms with Crippen LogP contribution in [-0.2, 0) is 14.3 Å². The predicted octanol–water partition coefficient (Wildman–Crippen LogP) is 4.07. The Morgan fingerprint density at radius 1 is 0.932 bits per heavy atom. The van der Waals surface area contributed by atoms with E-state index in [9.17, 15) is 29.0 Å². The van der Waals surface area contributed by atoms with E-state index < -0.39 is 41.4 Å². The molecule has 3 aliphatic rings. The van der Waals surface area contributed by atoms with Crippen molar-refractivity contribution in [3.8, 4) is 0 Å². The number of ether oxygens (including phenoxy) is 1. The van der Waals surface area contributed by atoms with Crippen LogP contribution in [0.15, 0.2) is 35.9 Å². The maximum atomic E-state index is 14.7. The number of allylic oxidation sites excluding steroid dienone is 2. The number of halogens is 1. The van der Waals surface area contributed by atoms with E-state index in [4.69, 9.17) is 4.74 Å². The van der Waals surface area contributed by atoms with E-state index >= 15 is 0 Å². The molecule has 0 saturated carbocycles. The number of hydrogen-bond acceptors (Lipinski definition) is 8. The van der Waals surface area contributed by atoms with Gasteiger partial charge in [-0.1, -0.05) is 31.6 Å². The minimum Gasteiger partial charge on any atom is -0.442 e. The quantitative estimate of drug-likeness (QED) is 0.387. The summed E-state index contributed by atoms with van der Waals surface area (Å²) >= 11 is 0. The third kappa shape index (κ3) is 8.99. The van der Waals surface area contributed by atoms with Crippen LogP contribution in [0.3, 0.4) is 0 Å². The summed E-state index contributed by atoms with van der Waals surface area (Å²) in [6.07, 6.45) is 4.85. The molecule has 4 rings (SSSR count). The Bertz CT molecular complexity index is 1240. The summed E-state index contributed by atoms with van der Waals surface area (Å²) < 4.78 is 20.7. The van der Waals surface area contributed by atoms with E-state index in [1.54, 1.807) is 24.0 Å². The second-order valence-electron chi connectivity index (χ2n) is 12.9. The summed E-state index contributed by atoms with van der Waals surface area (Å²) in [5.74, 6) is -3.04. The summed E-state index contributed by atoms with van der Waals surface area (Å²) in [6.45, 7) is 9.49. The average Bonchev–Trinajstić information content (AvgIpc) is 2.97. The first-order valence-electron chi connectivity index (χ1n) is 15.9. The lowest BCUT2D eigenvalue weighted by Crippen LogP contribution is -2.48. The topological polar surface area (TPSA) is 111 Å². The summed E-state index contributed by atoms with van der Waals surface area (Å²) in [6, 6.07) is 4.71. The number of amides is 1. The molecule has 2 N–H and O–H groups in total. The fourth-order valence-electron chi connectivity index (χ4n) is 6.33. The number of benzene rings is 1. The number of carbonyl (C=O) groups excluding carboxylic acids is 3. The van der Waals surface area contributed by atoms with Crippen LogP contribution in [0.1, 0.15) is 58.4 Å². The van der Waals surface area contributed by atoms with Crippen LogP contribution in [0.4, 0.5) is 14.9 Å². The molecule has 2 aliphatic heterocycles. The SMILES string of the molecule is C/C(=C\c1cc(F)cc(N2CCC(O)CC2)c1)[C@H]1C(=O)C(=O)C[C@H](O)CC[C@H](C)[C@@H](OC(=O)N2CCN(C)CC2)/C=C/[C@@H]1C. The van der Waals surface area contributed by atoms with Crippen LogP contribution in [0, 0.1) is 23.6 Å². The zero-order valence-corrected chi connectivity index (χ0v) is 26.5. The van der Waals surface area contributed by atoms with Gasteiger partial charge >= 0.3 is 6.09 Å². The number of nitrogens with zero attached hydrogens (tertiary/aromatic N) is 3. The Morgan fingerprint density at radius 2 is 1.61 bits per heavy atom. The van der Waals surface area contributed by atoms with Crippen molar-refractivity contribution in [2.75, 3.05) is 51.2 Å². The molecule has 1 aromatic rings. The maximum absolute atomic E-state index is 14.7. The van der Waals surface area contributed by atoms with Gasteiger partial charge in [0.05, 0.1) is 18.1 Å². The standard InChI is InChI=1S/C34H48FN3O6/c1-22-5-7-29(40)21-30(41)33(42)32(23(2)6-8-31(22)44-34(43)38-15-13-36(4)14-16-38)24(3)17-25-18-26(35)20-27(19-25)37-11-9-28(39)10-12-37/h6,8,17-20,22-23,28-29,31-32,39-40H,5,7,9-16,21H2,1-4H3/b8-6+,24-17+/t22-,23-,29+,31-,32-/m0/s1. The lowest BCUT2D eigenvalue weighted by Gasteiger charge is -2.33. The van der Waals surface area contributed by atoms with Crippen molar-refractivity contribution in [1.82, 2.24) is 9.80 Å². The first kappa shape index (κ1) is 33.8. The zero-order chi connectivity index (χ0) is 32.0. The number of Topliss-reactive ketones (excluding diaryl/α,β-unsaturated/α-hetero) is 2. The summed E-state index contributed by atoms with van der Waals surface area (Å²) in [7, 11) is 2.01. The van der Waals surface area contributed by atoms with Gasteiger partial charge in [0.1, 0.15) is 11.9 Å². The van der Waals surface area contributed by atoms with Crippen molar-refractivity contribution in [3.05, 3.63) is 47.3 Å². The fraction of sp³-hybridized carbons (Fsp3) is 0.618. The zero-order valence-electron chi connectivity index (χ0n) is 26.5. The van der Waals surface area contributed by atoms with Crippen LogP contribution >= 0.6 is 0 Å². The molecular weight excluding hydrogens is 565 g/mol. The van der Waals surface area contributed by atoms with Gasteiger partial charge in [-0.2, -0.15) is 0 Å². The predicted molar refractivity (Wildman–Crippen MR) is 168 cm³/mol. The Balaban J connectivity index is 1.60. The monoisotopic (exact) mass is 613 g/mol. The molecule has 0 unspecified atom stereocenters. The lowest BCUT2D eigenvalue weighted by molar-refractivity contribution is -0.140. The van der Waals surface area contributed by atoms with Gasteiger partial charge in [-0.15, -0.1) is 0 Å². The fourth-order valence-corrected chi connectivity index (χ4v) is 6.33. The molecule has 44 heavy (non-hydrogen) atoms. The molecule has 2 saturated heterocycles. The van der Waals surface area contributed by atoms with Gasteiger partial charge in [-0.3, -0.25) is 9.59 Å². The first-order valence-corrected chi connectivity index (χ1v) is 15.9. The molecule has 2 heterocycles. The lowest BCUT2D eigenvalue weighted by atomic mass is 9.79. The van der Waals surface area contributed by atoms with Crippen molar-refractivity contribution in [3.63, 3.8) is 0 Å². The molecule has 0 radical (unpaired) electrons. The third-order valence-electron chi connectivity index (χ3n) is 9.24. The van der Waals surface area contributed by atoms with Gasteiger partial charge in [0.15, 0.2) is 0 Å². The number of aliphatic hydroxyl groups excluding tert-OH is 2. The van der Waals surface area contributed by atoms with Crippen molar-refractivity contribution in [2.24, 2.45) is 17.8 Å². The Kier molecular flexibility index (Phi) is 11.7. The van der Waals surface area contributed by atoms with E-state index in [0.717, 1.165) is 13.1 Å². The third-order valence-corrected chi connectivity index (χ3v) is 9.24. The summed E-state index contributed by atoms with van der Waals surface area (Å²) in [5, 5.41) is 20.5. The number of ketones is 2. The molecule has 9 nitrogen and oxygen atoms in total. The molecular formula is C34H48FN3O6. The molecule has 1 aromatic carbocycles. The normalized spacial score (nSPS) is 29.6. The van der Waals surface area contributed by atoms with E-state index in [1.807, 2.05) is 37.9 Å². The van der Waals surface area contributed by atoms with Crippen molar-refractivity contribution in [2.45, 2.75) is 71.2 Å². The molecule has 2 fully saturated rings. The van der Waals surface area contributed by atoms with Crippen LogP contribution in [0.25, 0.3) is 6.08 Å². The highest BCUT2D eigenvalue weighted by molar-refractivity contribution is 6.38. The number of piperazine rings is 1. The number of hydrogen-bond donors (Lipinski definition) is 2. The van der Waals surface area contributed by atoms with Crippen molar-refractivity contribution >= 4 is 29.4 Å². The van der Waals surface area contributed by atoms with E-state index in [-0.39, 0.29) is 24.5 Å². The van der Waals surface area contributed by atoms with Crippen LogP contribution < -0.4 is 4.90 Å². The van der Waals surface area contributed by atoms with Crippen LogP contribution in [-0.4, -0.2) is 102 Å². The number of likely N-dealkylation sites (N-methyl/N-ethyl adjacent to an activating group) is 1. The van der Waals surface area contributed by atoms with Gasteiger partial charge in [-0.25, -0.2) is 9.18 Å². The second kappa shape index (κ2) is 15.3. The molecule has 5 atom stereocenters. The Hall–Kier alpha value is -3.08. The largest absolute Gasteiger partial charge is 0.442 e. The van der Waals surface area contributed by atoms with E-state index in [1.165, 1.54) is 12.1 Å². The van der Waals surface area contributed by atoms with E-state index in [0.29, 0.717) is 68.7 Å². The number of rotatable bonds is 4. The minimum absolute atomic E-state index is 0.119. The van der Waals surface area contributed by atoms with Crippen LogP contribution in [0.2, 0.25) is 0 Å². The van der Waals surface area contributed by atoms with Gasteiger partial charge in [-0.05, 0) is 81.3 Å². The second-order valence-corrected chi connectivity index (χ2v) is 12.9. The number of anilines is 1. The van der Waals surface area contributed by atoms with E-state index in [2.05, 4.69) is 4.90 Å². The van der Waals surface area contributed by atoms with Gasteiger partial charge in [0.25, 0.3) is 0 Å². The van der Waals surface area contributed by atoms with Gasteiger partial charge in [0.2, 0.25) is 11.6 Å². The Morgan fingerprint density at radius 3 is 2.30 bits per heavy atom. The highest BCUT2D eigenvalue weighted by Crippen LogP contribution is 2.30. The number of piperidine rings is 1. The minimum atomic E-state index is -0.986. The first-order chi connectivity index (χ1) is 20.9. The van der Waals surface area contributed by atoms with Gasteiger partial charge in [0, 0.05) is 51.4 Å². The van der Waals surface area contributed by atoms with Crippen molar-refractivity contribution in [1.29, 1.82) is 0 Å². The van der Waals surface area contributed by atoms with Crippen LogP contribution in [0.5, 0.6) is 0 Å². The molecule has 0 bridgehead atoms. The summed E-state index contributed by atoms with van der Waals surface area (Å²) in [5.41, 5.74) is 1.86. The highest BCUT2D eigenvalue weighted by Gasteiger charge is 2.33. The average molecular weight is 614 g/mol. The smallest absolute Gasteiger partial charge is 0.410 e.